The molecular weight excluding hydrogens is 532 g/mol. The number of likely N-dealkylation sites (tertiary alicyclic amines) is 1. The molecule has 0 saturated carbocycles. The summed E-state index contributed by atoms with van der Waals surface area (Å²) in [7, 11) is 1.51. The summed E-state index contributed by atoms with van der Waals surface area (Å²) >= 11 is 6.40. The number of hydrogen-bond donors (Lipinski definition) is 2. The maximum absolute atomic E-state index is 15.0. The lowest BCUT2D eigenvalue weighted by Gasteiger charge is -2.42. The first-order valence-electron chi connectivity index (χ1n) is 12.6. The number of pyridine rings is 2. The molecule has 0 radical (unpaired) electrons. The number of fused-ring (bicyclic) bond motifs is 1. The molecule has 0 spiro atoms. The maximum Gasteiger partial charge on any atom is 0.147 e. The van der Waals surface area contributed by atoms with Gasteiger partial charge in [-0.1, -0.05) is 11.6 Å². The van der Waals surface area contributed by atoms with Crippen molar-refractivity contribution in [2.75, 3.05) is 40.0 Å². The number of nitrogens with zero attached hydrogens (tertiary/aromatic N) is 5. The second kappa shape index (κ2) is 11.9. The molecule has 5 heterocycles. The molecule has 5 rings (SSSR count). The number of alkyl halides is 1. The number of halogens is 3. The van der Waals surface area contributed by atoms with Gasteiger partial charge in [0.15, 0.2) is 0 Å². The second-order valence-corrected chi connectivity index (χ2v) is 10.0. The van der Waals surface area contributed by atoms with Crippen molar-refractivity contribution in [3.8, 4) is 5.75 Å². The minimum atomic E-state index is -1.10. The Labute approximate surface area is 229 Å². The zero-order valence-electron chi connectivity index (χ0n) is 21.6. The van der Waals surface area contributed by atoms with Gasteiger partial charge in [0, 0.05) is 32.0 Å². The Kier molecular flexibility index (Phi) is 8.36. The molecular formula is C26H30ClF2N7O3. The fourth-order valence-electron chi connectivity index (χ4n) is 4.66. The van der Waals surface area contributed by atoms with Crippen LogP contribution in [0.4, 0.5) is 8.78 Å². The normalized spacial score (nSPS) is 21.5. The largest absolute Gasteiger partial charge is 0.488 e. The minimum absolute atomic E-state index is 0.0538. The molecule has 2 fully saturated rings. The van der Waals surface area contributed by atoms with Gasteiger partial charge in [-0.15, -0.1) is 0 Å². The average Bonchev–Trinajstić information content (AvgIpc) is 3.26. The van der Waals surface area contributed by atoms with Gasteiger partial charge in [0.05, 0.1) is 54.1 Å². The topological polar surface area (TPSA) is 109 Å². The highest BCUT2D eigenvalue weighted by Crippen LogP contribution is 2.30. The predicted octanol–water partition coefficient (Wildman–Crippen LogP) is 3.43. The first-order chi connectivity index (χ1) is 18.8. The van der Waals surface area contributed by atoms with E-state index in [1.54, 1.807) is 23.7 Å². The Morgan fingerprint density at radius 1 is 1.36 bits per heavy atom. The Morgan fingerprint density at radius 2 is 2.18 bits per heavy atom. The summed E-state index contributed by atoms with van der Waals surface area (Å²) in [4.78, 5) is 6.20. The molecule has 0 aliphatic carbocycles. The summed E-state index contributed by atoms with van der Waals surface area (Å²) in [6.07, 6.45) is 3.20. The number of piperidine rings is 1. The SMILES string of the molecule is CO[C@@H](COc1cc(/C(=N/NC2CCN(C3COC3)C[C@@H]2F)C(C)=N)cn2ncc(Cl)c12)c1ccc(F)cn1. The number of rotatable bonds is 10. The van der Waals surface area contributed by atoms with Crippen LogP contribution in [0.3, 0.4) is 0 Å². The van der Waals surface area contributed by atoms with Crippen LogP contribution < -0.4 is 10.2 Å². The maximum atomic E-state index is 15.0. The molecule has 3 aromatic heterocycles. The molecule has 13 heteroatoms. The smallest absolute Gasteiger partial charge is 0.147 e. The number of nitrogens with one attached hydrogen (secondary N) is 2. The van der Waals surface area contributed by atoms with Crippen LogP contribution in [0.5, 0.6) is 5.75 Å². The molecule has 3 aromatic rings. The van der Waals surface area contributed by atoms with Gasteiger partial charge in [0.1, 0.15) is 41.7 Å². The van der Waals surface area contributed by atoms with Gasteiger partial charge in [-0.2, -0.15) is 10.2 Å². The van der Waals surface area contributed by atoms with Crippen LogP contribution in [0.2, 0.25) is 5.02 Å². The highest BCUT2D eigenvalue weighted by Gasteiger charge is 2.35. The van der Waals surface area contributed by atoms with E-state index >= 15 is 0 Å². The molecule has 2 aliphatic heterocycles. The predicted molar refractivity (Wildman–Crippen MR) is 142 cm³/mol. The van der Waals surface area contributed by atoms with Crippen molar-refractivity contribution in [1.29, 1.82) is 5.41 Å². The van der Waals surface area contributed by atoms with E-state index in [1.165, 1.54) is 25.4 Å². The highest BCUT2D eigenvalue weighted by molar-refractivity contribution is 6.46. The van der Waals surface area contributed by atoms with Crippen LogP contribution >= 0.6 is 11.6 Å². The van der Waals surface area contributed by atoms with Crippen molar-refractivity contribution in [3.63, 3.8) is 0 Å². The number of aromatic nitrogens is 3. The third-order valence-electron chi connectivity index (χ3n) is 6.97. The zero-order valence-corrected chi connectivity index (χ0v) is 22.4. The quantitative estimate of drug-likeness (QED) is 0.288. The number of hydrogen-bond acceptors (Lipinski definition) is 9. The summed E-state index contributed by atoms with van der Waals surface area (Å²) in [6, 6.07) is 4.35. The van der Waals surface area contributed by atoms with Gasteiger partial charge >= 0.3 is 0 Å². The first kappa shape index (κ1) is 27.4. The molecule has 0 amide bonds. The van der Waals surface area contributed by atoms with E-state index in [-0.39, 0.29) is 18.4 Å². The first-order valence-corrected chi connectivity index (χ1v) is 13.0. The van der Waals surface area contributed by atoms with Crippen molar-refractivity contribution in [2.45, 2.75) is 37.7 Å². The Bertz CT molecular complexity index is 1350. The number of ether oxygens (including phenoxy) is 3. The van der Waals surface area contributed by atoms with Crippen LogP contribution in [0.15, 0.2) is 41.9 Å². The van der Waals surface area contributed by atoms with Gasteiger partial charge in [-0.25, -0.2) is 13.3 Å². The van der Waals surface area contributed by atoms with Crippen LogP contribution in [-0.2, 0) is 9.47 Å². The molecule has 3 atom stereocenters. The molecule has 0 aromatic carbocycles. The Morgan fingerprint density at radius 3 is 2.82 bits per heavy atom. The average molecular weight is 562 g/mol. The van der Waals surface area contributed by atoms with E-state index in [4.69, 9.17) is 31.2 Å². The summed E-state index contributed by atoms with van der Waals surface area (Å²) < 4.78 is 46.7. The fourth-order valence-corrected chi connectivity index (χ4v) is 4.88. The zero-order chi connectivity index (χ0) is 27.5. The van der Waals surface area contributed by atoms with E-state index in [1.807, 2.05) is 0 Å². The van der Waals surface area contributed by atoms with Crippen LogP contribution in [0, 0.1) is 11.2 Å². The molecule has 10 nitrogen and oxygen atoms in total. The van der Waals surface area contributed by atoms with Gasteiger partial charge in [-0.3, -0.25) is 9.88 Å². The summed E-state index contributed by atoms with van der Waals surface area (Å²) in [5.74, 6) is -0.0671. The third-order valence-corrected chi connectivity index (χ3v) is 7.24. The van der Waals surface area contributed by atoms with E-state index in [0.717, 1.165) is 12.7 Å². The second-order valence-electron chi connectivity index (χ2n) is 9.63. The summed E-state index contributed by atoms with van der Waals surface area (Å²) in [5.41, 5.74) is 5.02. The third kappa shape index (κ3) is 6.03. The minimum Gasteiger partial charge on any atom is -0.488 e. The Balaban J connectivity index is 1.36. The number of methoxy groups -OCH3 is 1. The van der Waals surface area contributed by atoms with Crippen molar-refractivity contribution in [2.24, 2.45) is 5.10 Å². The van der Waals surface area contributed by atoms with Gasteiger partial charge in [0.25, 0.3) is 0 Å². The lowest BCUT2D eigenvalue weighted by Crippen LogP contribution is -2.57. The van der Waals surface area contributed by atoms with Gasteiger partial charge in [-0.05, 0) is 31.5 Å². The van der Waals surface area contributed by atoms with E-state index < -0.39 is 24.1 Å². The van der Waals surface area contributed by atoms with Crippen molar-refractivity contribution in [1.82, 2.24) is 24.9 Å². The van der Waals surface area contributed by atoms with Crippen molar-refractivity contribution >= 4 is 28.5 Å². The lowest BCUT2D eigenvalue weighted by molar-refractivity contribution is -0.0818. The van der Waals surface area contributed by atoms with Gasteiger partial charge in [0.2, 0.25) is 0 Å². The molecule has 39 heavy (non-hydrogen) atoms. The Hall–Kier alpha value is -3.19. The molecule has 1 unspecified atom stereocenters. The molecule has 0 bridgehead atoms. The molecule has 208 valence electrons. The number of hydrazone groups is 1. The van der Waals surface area contributed by atoms with Gasteiger partial charge < -0.3 is 25.0 Å². The van der Waals surface area contributed by atoms with E-state index in [2.05, 4.69) is 25.5 Å². The van der Waals surface area contributed by atoms with Crippen molar-refractivity contribution < 1.29 is 23.0 Å². The van der Waals surface area contributed by atoms with E-state index in [0.29, 0.717) is 59.4 Å². The van der Waals surface area contributed by atoms with Crippen LogP contribution in [0.1, 0.15) is 30.7 Å². The molecule has 2 saturated heterocycles. The summed E-state index contributed by atoms with van der Waals surface area (Å²) in [5, 5.41) is 17.5. The van der Waals surface area contributed by atoms with E-state index in [9.17, 15) is 8.78 Å². The highest BCUT2D eigenvalue weighted by atomic mass is 35.5. The van der Waals surface area contributed by atoms with Crippen LogP contribution in [-0.4, -0.2) is 89.2 Å². The lowest BCUT2D eigenvalue weighted by atomic mass is 10.0. The van der Waals surface area contributed by atoms with Crippen molar-refractivity contribution in [3.05, 3.63) is 58.9 Å². The fraction of sp³-hybridized carbons (Fsp3) is 0.462. The summed E-state index contributed by atoms with van der Waals surface area (Å²) in [6.45, 7) is 4.03. The molecule has 2 N–H and O–H groups in total. The monoisotopic (exact) mass is 561 g/mol. The molecule has 2 aliphatic rings. The van der Waals surface area contributed by atoms with Crippen LogP contribution in [0.25, 0.3) is 5.52 Å². The standard InChI is InChI=1S/C26H30ClF2N7O3/c1-15(30)25(34-33-21-5-6-35(11-20(21)29)18-12-38-13-18)16-7-23(26-19(27)9-32-36(26)10-16)39-14-24(37-2)22-4-3-17(28)8-31-22/h3-4,7-10,18,20-21,24,30,33H,5-6,11-14H2,1-2H3/b30-15?,34-25+/t20-,21?,24-/m0/s1.